The molecule has 3 heteroatoms. The van der Waals surface area contributed by atoms with E-state index in [4.69, 9.17) is 0 Å². The molecule has 144 valence electrons. The number of fused-ring (bicyclic) bond motifs is 2. The number of nitrogens with one attached hydrogen (secondary N) is 1. The summed E-state index contributed by atoms with van der Waals surface area (Å²) in [7, 11) is 0. The highest BCUT2D eigenvalue weighted by Gasteiger charge is 2.26. The van der Waals surface area contributed by atoms with E-state index >= 15 is 0 Å². The van der Waals surface area contributed by atoms with Gasteiger partial charge in [-0.1, -0.05) is 57.0 Å². The molecule has 0 spiro atoms. The monoisotopic (exact) mass is 363 g/mol. The number of rotatable bonds is 4. The Hall–Kier alpha value is -2.16. The molecule has 0 amide bonds. The van der Waals surface area contributed by atoms with Gasteiger partial charge in [-0.15, -0.1) is 0 Å². The predicted molar refractivity (Wildman–Crippen MR) is 115 cm³/mol. The second-order valence-electron chi connectivity index (χ2n) is 7.87. The smallest absolute Gasteiger partial charge is 0.137 e. The second kappa shape index (κ2) is 8.69. The van der Waals surface area contributed by atoms with Crippen molar-refractivity contribution in [2.24, 2.45) is 0 Å². The van der Waals surface area contributed by atoms with Crippen LogP contribution in [0.5, 0.6) is 0 Å². The number of benzene rings is 1. The molecule has 3 nitrogen and oxygen atoms in total. The Kier molecular flexibility index (Phi) is 6.30. The highest BCUT2D eigenvalue weighted by atomic mass is 15.0. The largest absolute Gasteiger partial charge is 0.369 e. The van der Waals surface area contributed by atoms with E-state index in [0.717, 1.165) is 18.8 Å². The van der Waals surface area contributed by atoms with Crippen molar-refractivity contribution < 1.29 is 0 Å². The number of allylic oxidation sites excluding steroid dienone is 2. The van der Waals surface area contributed by atoms with Gasteiger partial charge in [0.15, 0.2) is 0 Å². The summed E-state index contributed by atoms with van der Waals surface area (Å²) >= 11 is 0. The Balaban J connectivity index is 0.000000659. The standard InChI is InChI=1S/C21H25N3.C3H8/c1-4-15-10-14(3)19-20(15)23-12-24-21(19)22-11-17-7-6-16-9-13(2)5-8-18(16)17;1-3-2/h5,8-10,12,15,17H,4,6-7,11H2,1-3H3,(H,22,23,24);3H2,1-2H3. The van der Waals surface area contributed by atoms with Gasteiger partial charge in [0.05, 0.1) is 5.69 Å². The zero-order valence-electron chi connectivity index (χ0n) is 17.5. The third-order valence-corrected chi connectivity index (χ3v) is 5.53. The van der Waals surface area contributed by atoms with Crippen molar-refractivity contribution in [2.75, 3.05) is 11.9 Å². The normalized spacial score (nSPS) is 19.7. The molecule has 4 rings (SSSR count). The van der Waals surface area contributed by atoms with Crippen molar-refractivity contribution in [1.82, 2.24) is 9.97 Å². The third-order valence-electron chi connectivity index (χ3n) is 5.53. The van der Waals surface area contributed by atoms with Gasteiger partial charge in [-0.2, -0.15) is 0 Å². The average Bonchev–Trinajstić information content (AvgIpc) is 3.21. The van der Waals surface area contributed by atoms with Gasteiger partial charge in [0, 0.05) is 23.9 Å². The minimum absolute atomic E-state index is 0.443. The maximum Gasteiger partial charge on any atom is 0.137 e. The molecule has 27 heavy (non-hydrogen) atoms. The van der Waals surface area contributed by atoms with Crippen LogP contribution in [0.1, 0.15) is 86.7 Å². The summed E-state index contributed by atoms with van der Waals surface area (Å²) < 4.78 is 0. The minimum Gasteiger partial charge on any atom is -0.369 e. The molecule has 0 fully saturated rings. The summed E-state index contributed by atoms with van der Waals surface area (Å²) in [5.74, 6) is 2.03. The van der Waals surface area contributed by atoms with Crippen LogP contribution < -0.4 is 5.32 Å². The fourth-order valence-electron chi connectivity index (χ4n) is 4.24. The molecule has 1 aromatic heterocycles. The molecule has 0 radical (unpaired) electrons. The number of hydrogen-bond acceptors (Lipinski definition) is 3. The van der Waals surface area contributed by atoms with Crippen molar-refractivity contribution in [3.8, 4) is 0 Å². The van der Waals surface area contributed by atoms with Gasteiger partial charge in [-0.3, -0.25) is 0 Å². The van der Waals surface area contributed by atoms with Crippen molar-refractivity contribution in [3.05, 3.63) is 58.6 Å². The lowest BCUT2D eigenvalue weighted by atomic mass is 10.00. The Labute approximate surface area is 164 Å². The maximum atomic E-state index is 4.54. The molecule has 2 unspecified atom stereocenters. The van der Waals surface area contributed by atoms with E-state index in [-0.39, 0.29) is 0 Å². The number of hydrogen-bond donors (Lipinski definition) is 1. The van der Waals surface area contributed by atoms with Gasteiger partial charge in [0.25, 0.3) is 0 Å². The Morgan fingerprint density at radius 3 is 2.63 bits per heavy atom. The lowest BCUT2D eigenvalue weighted by Gasteiger charge is -2.16. The minimum atomic E-state index is 0.443. The fraction of sp³-hybridized carbons (Fsp3) is 0.500. The zero-order chi connectivity index (χ0) is 19.4. The molecule has 0 saturated carbocycles. The molecule has 0 saturated heterocycles. The van der Waals surface area contributed by atoms with Crippen LogP contribution in [0, 0.1) is 6.92 Å². The first-order valence-corrected chi connectivity index (χ1v) is 10.5. The Morgan fingerprint density at radius 2 is 1.89 bits per heavy atom. The van der Waals surface area contributed by atoms with Crippen LogP contribution in [0.25, 0.3) is 5.57 Å². The van der Waals surface area contributed by atoms with E-state index < -0.39 is 0 Å². The number of nitrogens with zero attached hydrogens (tertiary/aromatic N) is 2. The van der Waals surface area contributed by atoms with E-state index in [1.165, 1.54) is 52.8 Å². The lowest BCUT2D eigenvalue weighted by molar-refractivity contribution is 0.706. The topological polar surface area (TPSA) is 37.8 Å². The molecule has 1 heterocycles. The third kappa shape index (κ3) is 4.07. The summed E-state index contributed by atoms with van der Waals surface area (Å²) in [6, 6.07) is 6.89. The van der Waals surface area contributed by atoms with Crippen LogP contribution in [-0.4, -0.2) is 16.5 Å². The van der Waals surface area contributed by atoms with Gasteiger partial charge in [0.2, 0.25) is 0 Å². The summed E-state index contributed by atoms with van der Waals surface area (Å²) in [5.41, 5.74) is 8.13. The van der Waals surface area contributed by atoms with Crippen LogP contribution >= 0.6 is 0 Å². The highest BCUT2D eigenvalue weighted by molar-refractivity contribution is 5.79. The Morgan fingerprint density at radius 1 is 1.11 bits per heavy atom. The second-order valence-corrected chi connectivity index (χ2v) is 7.87. The predicted octanol–water partition coefficient (Wildman–Crippen LogP) is 6.25. The van der Waals surface area contributed by atoms with Gasteiger partial charge in [-0.25, -0.2) is 9.97 Å². The summed E-state index contributed by atoms with van der Waals surface area (Å²) in [5, 5.41) is 3.63. The van der Waals surface area contributed by atoms with Crippen LogP contribution in [-0.2, 0) is 6.42 Å². The van der Waals surface area contributed by atoms with Crippen molar-refractivity contribution >= 4 is 11.4 Å². The van der Waals surface area contributed by atoms with Gasteiger partial charge < -0.3 is 5.32 Å². The van der Waals surface area contributed by atoms with E-state index in [9.17, 15) is 0 Å². The summed E-state index contributed by atoms with van der Waals surface area (Å²) in [4.78, 5) is 9.08. The zero-order valence-corrected chi connectivity index (χ0v) is 17.5. The van der Waals surface area contributed by atoms with E-state index in [2.05, 4.69) is 74.2 Å². The van der Waals surface area contributed by atoms with Gasteiger partial charge >= 0.3 is 0 Å². The van der Waals surface area contributed by atoms with Crippen LogP contribution in [0.3, 0.4) is 0 Å². The maximum absolute atomic E-state index is 4.54. The van der Waals surface area contributed by atoms with Crippen LogP contribution in [0.2, 0.25) is 0 Å². The molecule has 2 aliphatic rings. The quantitative estimate of drug-likeness (QED) is 0.697. The Bertz CT molecular complexity index is 822. The van der Waals surface area contributed by atoms with Crippen LogP contribution in [0.15, 0.2) is 30.6 Å². The molecule has 2 aromatic rings. The van der Waals surface area contributed by atoms with Crippen LogP contribution in [0.4, 0.5) is 5.82 Å². The lowest BCUT2D eigenvalue weighted by Crippen LogP contribution is -2.13. The number of aryl methyl sites for hydroxylation is 2. The number of anilines is 1. The SMILES string of the molecule is CCC.CCC1C=C(C)c2c(NCC3CCc4cc(C)ccc43)ncnc21. The van der Waals surface area contributed by atoms with E-state index in [0.29, 0.717) is 11.8 Å². The van der Waals surface area contributed by atoms with Crippen molar-refractivity contribution in [1.29, 1.82) is 0 Å². The molecule has 1 N–H and O–H groups in total. The number of aromatic nitrogens is 2. The molecular formula is C24H33N3. The van der Waals surface area contributed by atoms with Gasteiger partial charge in [0.1, 0.15) is 12.1 Å². The first-order valence-electron chi connectivity index (χ1n) is 10.5. The van der Waals surface area contributed by atoms with E-state index in [1.807, 2.05) is 0 Å². The van der Waals surface area contributed by atoms with Crippen molar-refractivity contribution in [3.63, 3.8) is 0 Å². The molecule has 0 bridgehead atoms. The molecule has 1 aromatic carbocycles. The molecular weight excluding hydrogens is 330 g/mol. The molecule has 0 aliphatic heterocycles. The van der Waals surface area contributed by atoms with E-state index in [1.54, 1.807) is 6.33 Å². The van der Waals surface area contributed by atoms with Crippen molar-refractivity contribution in [2.45, 2.75) is 72.1 Å². The first-order chi connectivity index (χ1) is 13.1. The van der Waals surface area contributed by atoms with Gasteiger partial charge in [-0.05, 0) is 49.8 Å². The molecule has 2 aliphatic carbocycles. The fourth-order valence-corrected chi connectivity index (χ4v) is 4.24. The summed E-state index contributed by atoms with van der Waals surface area (Å²) in [6.45, 7) is 11.8. The first kappa shape index (κ1) is 19.6. The average molecular weight is 364 g/mol. The molecule has 2 atom stereocenters. The highest BCUT2D eigenvalue weighted by Crippen LogP contribution is 2.40. The summed E-state index contributed by atoms with van der Waals surface area (Å²) in [6.07, 6.45) is 8.81.